The molecule has 0 aliphatic carbocycles. The second kappa shape index (κ2) is 4.28. The second-order valence-electron chi connectivity index (χ2n) is 5.47. The van der Waals surface area contributed by atoms with E-state index in [0.717, 1.165) is 49.3 Å². The third-order valence-corrected chi connectivity index (χ3v) is 4.12. The number of piperidine rings is 1. The number of rotatable bonds is 2. The molecule has 0 bridgehead atoms. The average Bonchev–Trinajstić information content (AvgIpc) is 2.88. The van der Waals surface area contributed by atoms with Crippen LogP contribution in [-0.4, -0.2) is 24.6 Å². The van der Waals surface area contributed by atoms with Gasteiger partial charge in [-0.2, -0.15) is 0 Å². The van der Waals surface area contributed by atoms with Gasteiger partial charge in [0.05, 0.1) is 11.6 Å². The van der Waals surface area contributed by atoms with Gasteiger partial charge in [-0.05, 0) is 36.9 Å². The summed E-state index contributed by atoms with van der Waals surface area (Å²) in [5.41, 5.74) is 7.05. The van der Waals surface area contributed by atoms with Gasteiger partial charge in [-0.3, -0.25) is 0 Å². The normalized spacial score (nSPS) is 19.3. The van der Waals surface area contributed by atoms with Crippen LogP contribution >= 0.6 is 0 Å². The van der Waals surface area contributed by atoms with Crippen LogP contribution in [0.5, 0.6) is 0 Å². The first kappa shape index (κ1) is 11.5. The van der Waals surface area contributed by atoms with E-state index in [1.807, 2.05) is 18.3 Å². The third kappa shape index (κ3) is 1.86. The van der Waals surface area contributed by atoms with Gasteiger partial charge in [0.25, 0.3) is 0 Å². The number of pyridine rings is 1. The minimum absolute atomic E-state index is 0.292. The smallest absolute Gasteiger partial charge is 0.139 e. The van der Waals surface area contributed by atoms with Crippen molar-refractivity contribution in [2.45, 2.75) is 19.8 Å². The average molecular weight is 245 g/mol. The zero-order valence-electron chi connectivity index (χ0n) is 10.7. The van der Waals surface area contributed by atoms with Crippen LogP contribution in [0.3, 0.4) is 0 Å². The Morgan fingerprint density at radius 3 is 2.89 bits per heavy atom. The summed E-state index contributed by atoms with van der Waals surface area (Å²) in [6.07, 6.45) is 5.79. The zero-order chi connectivity index (χ0) is 12.6. The SMILES string of the molecule is CC1(CN)CCN(c2nccc3occc23)CC1. The Hall–Kier alpha value is -1.55. The quantitative estimate of drug-likeness (QED) is 0.882. The van der Waals surface area contributed by atoms with E-state index in [0.29, 0.717) is 5.41 Å². The van der Waals surface area contributed by atoms with Crippen molar-refractivity contribution in [3.05, 3.63) is 24.6 Å². The summed E-state index contributed by atoms with van der Waals surface area (Å²) in [5.74, 6) is 1.04. The molecule has 1 aliphatic heterocycles. The molecule has 0 unspecified atom stereocenters. The van der Waals surface area contributed by atoms with Gasteiger partial charge in [-0.15, -0.1) is 0 Å². The zero-order valence-corrected chi connectivity index (χ0v) is 10.7. The highest BCUT2D eigenvalue weighted by atomic mass is 16.3. The molecule has 0 atom stereocenters. The predicted octanol–water partition coefficient (Wildman–Crippen LogP) is 2.39. The molecule has 0 aromatic carbocycles. The van der Waals surface area contributed by atoms with E-state index in [2.05, 4.69) is 16.8 Å². The lowest BCUT2D eigenvalue weighted by Crippen LogP contribution is -2.42. The molecule has 0 radical (unpaired) electrons. The maximum absolute atomic E-state index is 5.85. The summed E-state index contributed by atoms with van der Waals surface area (Å²) >= 11 is 0. The van der Waals surface area contributed by atoms with Crippen molar-refractivity contribution >= 4 is 16.8 Å². The van der Waals surface area contributed by atoms with Crippen LogP contribution in [0, 0.1) is 5.41 Å². The molecule has 1 fully saturated rings. The Kier molecular flexibility index (Phi) is 2.74. The van der Waals surface area contributed by atoms with Crippen LogP contribution in [-0.2, 0) is 0 Å². The number of hydrogen-bond donors (Lipinski definition) is 1. The Labute approximate surface area is 107 Å². The van der Waals surface area contributed by atoms with Crippen LogP contribution in [0.4, 0.5) is 5.82 Å². The van der Waals surface area contributed by atoms with Crippen LogP contribution in [0.25, 0.3) is 11.0 Å². The molecule has 2 aromatic heterocycles. The molecule has 2 aromatic rings. The minimum atomic E-state index is 0.292. The summed E-state index contributed by atoms with van der Waals surface area (Å²) in [6.45, 7) is 5.08. The Morgan fingerprint density at radius 2 is 2.17 bits per heavy atom. The summed E-state index contributed by atoms with van der Waals surface area (Å²) in [6, 6.07) is 3.90. The molecular formula is C14H19N3O. The van der Waals surface area contributed by atoms with E-state index in [9.17, 15) is 0 Å². The van der Waals surface area contributed by atoms with Gasteiger partial charge in [-0.1, -0.05) is 6.92 Å². The molecule has 3 rings (SSSR count). The van der Waals surface area contributed by atoms with Crippen LogP contribution < -0.4 is 10.6 Å². The van der Waals surface area contributed by atoms with Crippen molar-refractivity contribution in [3.63, 3.8) is 0 Å². The van der Waals surface area contributed by atoms with Crippen molar-refractivity contribution in [2.24, 2.45) is 11.1 Å². The molecule has 18 heavy (non-hydrogen) atoms. The van der Waals surface area contributed by atoms with Crippen molar-refractivity contribution < 1.29 is 4.42 Å². The van der Waals surface area contributed by atoms with Crippen molar-refractivity contribution in [1.29, 1.82) is 0 Å². The lowest BCUT2D eigenvalue weighted by atomic mass is 9.80. The maximum atomic E-state index is 5.85. The van der Waals surface area contributed by atoms with E-state index < -0.39 is 0 Å². The summed E-state index contributed by atoms with van der Waals surface area (Å²) < 4.78 is 5.42. The fourth-order valence-electron chi connectivity index (χ4n) is 2.59. The fraction of sp³-hybridized carbons (Fsp3) is 0.500. The number of aromatic nitrogens is 1. The summed E-state index contributed by atoms with van der Waals surface area (Å²) in [5, 5.41) is 1.11. The van der Waals surface area contributed by atoms with E-state index in [4.69, 9.17) is 10.2 Å². The molecule has 4 heteroatoms. The lowest BCUT2D eigenvalue weighted by Gasteiger charge is -2.39. The molecule has 0 saturated carbocycles. The van der Waals surface area contributed by atoms with Crippen molar-refractivity contribution in [2.75, 3.05) is 24.5 Å². The molecule has 96 valence electrons. The fourth-order valence-corrected chi connectivity index (χ4v) is 2.59. The summed E-state index contributed by atoms with van der Waals surface area (Å²) in [4.78, 5) is 6.85. The van der Waals surface area contributed by atoms with Gasteiger partial charge in [0, 0.05) is 19.3 Å². The Morgan fingerprint density at radius 1 is 1.39 bits per heavy atom. The molecule has 0 spiro atoms. The van der Waals surface area contributed by atoms with Gasteiger partial charge < -0.3 is 15.1 Å². The van der Waals surface area contributed by atoms with Crippen LogP contribution in [0.1, 0.15) is 19.8 Å². The van der Waals surface area contributed by atoms with Gasteiger partial charge in [-0.25, -0.2) is 4.98 Å². The van der Waals surface area contributed by atoms with Gasteiger partial charge in [0.1, 0.15) is 11.4 Å². The minimum Gasteiger partial charge on any atom is -0.464 e. The standard InChI is InChI=1S/C14H19N3O/c1-14(10-15)4-7-17(8-5-14)13-11-3-9-18-12(11)2-6-16-13/h2-3,6,9H,4-5,7-8,10,15H2,1H3. The lowest BCUT2D eigenvalue weighted by molar-refractivity contribution is 0.258. The highest BCUT2D eigenvalue weighted by molar-refractivity contribution is 5.88. The van der Waals surface area contributed by atoms with E-state index in [1.54, 1.807) is 6.26 Å². The van der Waals surface area contributed by atoms with Crippen LogP contribution in [0.2, 0.25) is 0 Å². The number of nitrogens with zero attached hydrogens (tertiary/aromatic N) is 2. The van der Waals surface area contributed by atoms with Gasteiger partial charge in [0.15, 0.2) is 0 Å². The van der Waals surface area contributed by atoms with E-state index >= 15 is 0 Å². The highest BCUT2D eigenvalue weighted by Gasteiger charge is 2.29. The Bertz CT molecular complexity index is 541. The molecule has 0 amide bonds. The van der Waals surface area contributed by atoms with E-state index in [-0.39, 0.29) is 0 Å². The first-order valence-electron chi connectivity index (χ1n) is 6.49. The number of furan rings is 1. The van der Waals surface area contributed by atoms with Gasteiger partial charge in [0.2, 0.25) is 0 Å². The predicted molar refractivity (Wildman–Crippen MR) is 72.6 cm³/mol. The third-order valence-electron chi connectivity index (χ3n) is 4.12. The molecule has 1 saturated heterocycles. The number of nitrogens with two attached hydrogens (primary N) is 1. The second-order valence-corrected chi connectivity index (χ2v) is 5.47. The van der Waals surface area contributed by atoms with Crippen LogP contribution in [0.15, 0.2) is 29.0 Å². The topological polar surface area (TPSA) is 55.3 Å². The summed E-state index contributed by atoms with van der Waals surface area (Å²) in [7, 11) is 0. The monoisotopic (exact) mass is 245 g/mol. The number of hydrogen-bond acceptors (Lipinski definition) is 4. The molecular weight excluding hydrogens is 226 g/mol. The molecule has 3 heterocycles. The van der Waals surface area contributed by atoms with Crippen molar-refractivity contribution in [1.82, 2.24) is 4.98 Å². The number of anilines is 1. The first-order chi connectivity index (χ1) is 8.72. The largest absolute Gasteiger partial charge is 0.464 e. The van der Waals surface area contributed by atoms with E-state index in [1.165, 1.54) is 0 Å². The molecule has 2 N–H and O–H groups in total. The molecule has 1 aliphatic rings. The first-order valence-corrected chi connectivity index (χ1v) is 6.49. The number of fused-ring (bicyclic) bond motifs is 1. The van der Waals surface area contributed by atoms with Gasteiger partial charge >= 0.3 is 0 Å². The molecule has 4 nitrogen and oxygen atoms in total. The highest BCUT2D eigenvalue weighted by Crippen LogP contribution is 2.33. The Balaban J connectivity index is 1.86. The van der Waals surface area contributed by atoms with Crippen molar-refractivity contribution in [3.8, 4) is 0 Å². The maximum Gasteiger partial charge on any atom is 0.139 e.